The highest BCUT2D eigenvalue weighted by molar-refractivity contribution is 14.1. The first-order valence-corrected chi connectivity index (χ1v) is 10.0. The van der Waals surface area contributed by atoms with Gasteiger partial charge in [-0.2, -0.15) is 0 Å². The number of hydrogen-bond donors (Lipinski definition) is 3. The molecular formula is C19H20ClF2IN2O3. The molecule has 0 saturated carbocycles. The predicted octanol–water partition coefficient (Wildman–Crippen LogP) is 5.10. The van der Waals surface area contributed by atoms with Gasteiger partial charge in [-0.15, -0.1) is 0 Å². The average molecular weight is 525 g/mol. The Labute approximate surface area is 180 Å². The molecule has 2 aromatic rings. The molecule has 0 bridgehead atoms. The van der Waals surface area contributed by atoms with E-state index in [0.29, 0.717) is 12.1 Å². The van der Waals surface area contributed by atoms with E-state index in [0.717, 1.165) is 21.6 Å². The maximum atomic E-state index is 14.5. The van der Waals surface area contributed by atoms with E-state index in [1.165, 1.54) is 0 Å². The number of hydrogen-bond acceptors (Lipinski definition) is 4. The van der Waals surface area contributed by atoms with E-state index in [9.17, 15) is 18.7 Å². The number of aliphatic hydroxyl groups is 1. The fourth-order valence-corrected chi connectivity index (χ4v) is 3.31. The normalized spacial score (nSPS) is 12.0. The number of carbonyl (C=O) groups is 1. The summed E-state index contributed by atoms with van der Waals surface area (Å²) in [7, 11) is 0. The molecule has 1 atom stereocenters. The van der Waals surface area contributed by atoms with Crippen molar-refractivity contribution in [3.63, 3.8) is 0 Å². The highest BCUT2D eigenvalue weighted by Gasteiger charge is 2.23. The lowest BCUT2D eigenvalue weighted by molar-refractivity contribution is -0.0149. The van der Waals surface area contributed by atoms with Gasteiger partial charge in [0.25, 0.3) is 5.91 Å². The van der Waals surface area contributed by atoms with Crippen LogP contribution in [0.15, 0.2) is 24.3 Å². The zero-order valence-electron chi connectivity index (χ0n) is 15.3. The van der Waals surface area contributed by atoms with Crippen molar-refractivity contribution in [2.45, 2.75) is 32.8 Å². The lowest BCUT2D eigenvalue weighted by atomic mass is 10.1. The van der Waals surface area contributed by atoms with Crippen LogP contribution in [0.5, 0.6) is 0 Å². The van der Waals surface area contributed by atoms with Gasteiger partial charge in [0.2, 0.25) is 0 Å². The van der Waals surface area contributed by atoms with Crippen molar-refractivity contribution >= 4 is 51.5 Å². The molecule has 0 aliphatic heterocycles. The molecule has 0 fully saturated rings. The number of aryl methyl sites for hydroxylation is 1. The number of hydroxylamine groups is 1. The third-order valence-corrected chi connectivity index (χ3v) is 4.86. The summed E-state index contributed by atoms with van der Waals surface area (Å²) >= 11 is 7.84. The summed E-state index contributed by atoms with van der Waals surface area (Å²) in [4.78, 5) is 17.4. The van der Waals surface area contributed by atoms with Crippen molar-refractivity contribution in [3.05, 3.63) is 55.6 Å². The molecule has 152 valence electrons. The SMILES string of the molecule is CCCC(O)CONC(=O)c1cc(Cl)c(F)c(F)c1Nc1ccc(I)cc1C. The topological polar surface area (TPSA) is 70.6 Å². The van der Waals surface area contributed by atoms with Gasteiger partial charge in [0.15, 0.2) is 11.6 Å². The molecule has 28 heavy (non-hydrogen) atoms. The Morgan fingerprint density at radius 3 is 2.68 bits per heavy atom. The zero-order valence-corrected chi connectivity index (χ0v) is 18.2. The molecule has 0 spiro atoms. The maximum Gasteiger partial charge on any atom is 0.277 e. The number of benzene rings is 2. The van der Waals surface area contributed by atoms with E-state index >= 15 is 0 Å². The molecule has 1 unspecified atom stereocenters. The molecule has 0 radical (unpaired) electrons. The smallest absolute Gasteiger partial charge is 0.277 e. The predicted molar refractivity (Wildman–Crippen MR) is 113 cm³/mol. The number of rotatable bonds is 8. The van der Waals surface area contributed by atoms with Gasteiger partial charge in [0.05, 0.1) is 22.4 Å². The standard InChI is InChI=1S/C19H20ClF2IN2O3/c1-3-4-12(26)9-28-25-19(27)13-8-14(20)16(21)17(22)18(13)24-15-6-5-11(23)7-10(15)2/h5-8,12,24,26H,3-4,9H2,1-2H3,(H,25,27). The second-order valence-electron chi connectivity index (χ2n) is 6.18. The number of amides is 1. The van der Waals surface area contributed by atoms with Crippen LogP contribution >= 0.6 is 34.2 Å². The molecule has 0 aliphatic carbocycles. The van der Waals surface area contributed by atoms with Crippen LogP contribution in [-0.2, 0) is 4.84 Å². The van der Waals surface area contributed by atoms with Crippen molar-refractivity contribution in [1.29, 1.82) is 0 Å². The molecule has 1 amide bonds. The Balaban J connectivity index is 2.29. The molecule has 0 heterocycles. The van der Waals surface area contributed by atoms with Gasteiger partial charge in [-0.3, -0.25) is 9.63 Å². The van der Waals surface area contributed by atoms with Crippen molar-refractivity contribution in [3.8, 4) is 0 Å². The number of anilines is 2. The van der Waals surface area contributed by atoms with E-state index in [1.807, 2.05) is 13.0 Å². The Bertz CT molecular complexity index is 868. The van der Waals surface area contributed by atoms with Gasteiger partial charge in [0, 0.05) is 9.26 Å². The molecule has 0 saturated heterocycles. The largest absolute Gasteiger partial charge is 0.391 e. The highest BCUT2D eigenvalue weighted by atomic mass is 127. The van der Waals surface area contributed by atoms with Crippen molar-refractivity contribution < 1.29 is 23.5 Å². The maximum absolute atomic E-state index is 14.5. The van der Waals surface area contributed by atoms with Crippen LogP contribution in [0.1, 0.15) is 35.7 Å². The second-order valence-corrected chi connectivity index (χ2v) is 7.83. The van der Waals surface area contributed by atoms with E-state index in [1.54, 1.807) is 19.1 Å². The fraction of sp³-hybridized carbons (Fsp3) is 0.316. The van der Waals surface area contributed by atoms with E-state index in [4.69, 9.17) is 16.4 Å². The number of aliphatic hydroxyl groups excluding tert-OH is 1. The van der Waals surface area contributed by atoms with Crippen LogP contribution in [-0.4, -0.2) is 23.7 Å². The fourth-order valence-electron chi connectivity index (χ4n) is 2.47. The van der Waals surface area contributed by atoms with Crippen molar-refractivity contribution in [2.75, 3.05) is 11.9 Å². The summed E-state index contributed by atoms with van der Waals surface area (Å²) in [6.45, 7) is 3.57. The number of halogens is 4. The number of nitrogens with one attached hydrogen (secondary N) is 2. The van der Waals surface area contributed by atoms with Gasteiger partial charge >= 0.3 is 0 Å². The molecule has 9 heteroatoms. The van der Waals surface area contributed by atoms with Gasteiger partial charge in [-0.25, -0.2) is 14.3 Å². The lowest BCUT2D eigenvalue weighted by Gasteiger charge is -2.16. The minimum absolute atomic E-state index is 0.129. The van der Waals surface area contributed by atoms with Gasteiger partial charge in [0.1, 0.15) is 6.61 Å². The average Bonchev–Trinajstić information content (AvgIpc) is 2.63. The first-order valence-electron chi connectivity index (χ1n) is 8.55. The summed E-state index contributed by atoms with van der Waals surface area (Å²) in [5.74, 6) is -3.36. The third kappa shape index (κ3) is 5.76. The van der Waals surface area contributed by atoms with Crippen LogP contribution < -0.4 is 10.8 Å². The summed E-state index contributed by atoms with van der Waals surface area (Å²) < 4.78 is 29.5. The van der Waals surface area contributed by atoms with Crippen LogP contribution in [0.4, 0.5) is 20.2 Å². The molecule has 5 nitrogen and oxygen atoms in total. The Morgan fingerprint density at radius 1 is 1.32 bits per heavy atom. The quantitative estimate of drug-likeness (QED) is 0.255. The zero-order chi connectivity index (χ0) is 20.8. The van der Waals surface area contributed by atoms with Crippen LogP contribution in [0, 0.1) is 22.1 Å². The minimum Gasteiger partial charge on any atom is -0.391 e. The van der Waals surface area contributed by atoms with Gasteiger partial charge < -0.3 is 10.4 Å². The summed E-state index contributed by atoms with van der Waals surface area (Å²) in [6, 6.07) is 6.36. The molecule has 2 aromatic carbocycles. The van der Waals surface area contributed by atoms with E-state index in [2.05, 4.69) is 33.4 Å². The van der Waals surface area contributed by atoms with Crippen molar-refractivity contribution in [2.24, 2.45) is 0 Å². The summed E-state index contributed by atoms with van der Waals surface area (Å²) in [5.41, 5.74) is 2.83. The van der Waals surface area contributed by atoms with Crippen LogP contribution in [0.2, 0.25) is 5.02 Å². The Morgan fingerprint density at radius 2 is 2.04 bits per heavy atom. The summed E-state index contributed by atoms with van der Waals surface area (Å²) in [5, 5.41) is 11.9. The van der Waals surface area contributed by atoms with E-state index < -0.39 is 28.7 Å². The van der Waals surface area contributed by atoms with Crippen molar-refractivity contribution in [1.82, 2.24) is 5.48 Å². The summed E-state index contributed by atoms with van der Waals surface area (Å²) in [6.07, 6.45) is 0.512. The molecular weight excluding hydrogens is 505 g/mol. The minimum atomic E-state index is -1.28. The first kappa shape index (κ1) is 22.8. The second kappa shape index (κ2) is 10.3. The first-order chi connectivity index (χ1) is 13.2. The van der Waals surface area contributed by atoms with E-state index in [-0.39, 0.29) is 17.9 Å². The molecule has 3 N–H and O–H groups in total. The number of carbonyl (C=O) groups excluding carboxylic acids is 1. The van der Waals surface area contributed by atoms with Crippen LogP contribution in [0.25, 0.3) is 0 Å². The Kier molecular flexibility index (Phi) is 8.41. The van der Waals surface area contributed by atoms with Gasteiger partial charge in [-0.05, 0) is 65.8 Å². The lowest BCUT2D eigenvalue weighted by Crippen LogP contribution is -2.29. The molecule has 2 rings (SSSR count). The molecule has 0 aromatic heterocycles. The van der Waals surface area contributed by atoms with Crippen LogP contribution in [0.3, 0.4) is 0 Å². The Hall–Kier alpha value is -1.49. The molecule has 0 aliphatic rings. The third-order valence-electron chi connectivity index (χ3n) is 3.92. The van der Waals surface area contributed by atoms with Gasteiger partial charge in [-0.1, -0.05) is 24.9 Å². The highest BCUT2D eigenvalue weighted by Crippen LogP contribution is 2.32. The monoisotopic (exact) mass is 524 g/mol.